The SMILES string of the molecule is CCOC(=O)C=Cc1cccc(-c2ncc(C)c(N(C(=O)OC(C)(C)C)c3ccc4c(cnn4C(=O)OC(C)(C)C)c3)n2)c1. The molecule has 11 nitrogen and oxygen atoms in total. The molecule has 0 aliphatic carbocycles. The van der Waals surface area contributed by atoms with Crippen LogP contribution < -0.4 is 4.90 Å². The van der Waals surface area contributed by atoms with Crippen molar-refractivity contribution in [3.05, 3.63) is 72.1 Å². The van der Waals surface area contributed by atoms with Gasteiger partial charge in [-0.25, -0.2) is 29.3 Å². The van der Waals surface area contributed by atoms with Gasteiger partial charge in [0.1, 0.15) is 17.0 Å². The van der Waals surface area contributed by atoms with Gasteiger partial charge in [-0.05, 0) is 91.3 Å². The fourth-order valence-corrected chi connectivity index (χ4v) is 4.17. The van der Waals surface area contributed by atoms with Gasteiger partial charge < -0.3 is 14.2 Å². The van der Waals surface area contributed by atoms with Crippen LogP contribution in [-0.2, 0) is 19.0 Å². The van der Waals surface area contributed by atoms with E-state index in [1.807, 2.05) is 24.3 Å². The van der Waals surface area contributed by atoms with Crippen LogP contribution in [0.3, 0.4) is 0 Å². The summed E-state index contributed by atoms with van der Waals surface area (Å²) < 4.78 is 17.4. The van der Waals surface area contributed by atoms with Crippen molar-refractivity contribution in [2.45, 2.75) is 66.6 Å². The third-order valence-corrected chi connectivity index (χ3v) is 5.95. The molecule has 0 spiro atoms. The molecular formula is C33H37N5O6. The van der Waals surface area contributed by atoms with Gasteiger partial charge in [-0.1, -0.05) is 18.2 Å². The Kier molecular flexibility index (Phi) is 9.17. The summed E-state index contributed by atoms with van der Waals surface area (Å²) in [6, 6.07) is 12.4. The van der Waals surface area contributed by atoms with Crippen LogP contribution in [0.5, 0.6) is 0 Å². The number of amides is 1. The van der Waals surface area contributed by atoms with E-state index in [2.05, 4.69) is 10.1 Å². The summed E-state index contributed by atoms with van der Waals surface area (Å²) in [7, 11) is 0. The van der Waals surface area contributed by atoms with Crippen LogP contribution in [0, 0.1) is 6.92 Å². The van der Waals surface area contributed by atoms with E-state index >= 15 is 0 Å². The van der Waals surface area contributed by atoms with E-state index in [4.69, 9.17) is 19.2 Å². The zero-order valence-corrected chi connectivity index (χ0v) is 26.2. The topological polar surface area (TPSA) is 126 Å². The second kappa shape index (κ2) is 12.7. The van der Waals surface area contributed by atoms with E-state index in [9.17, 15) is 14.4 Å². The van der Waals surface area contributed by atoms with E-state index in [0.717, 1.165) is 5.56 Å². The first-order chi connectivity index (χ1) is 20.6. The predicted molar refractivity (Wildman–Crippen MR) is 168 cm³/mol. The monoisotopic (exact) mass is 599 g/mol. The quantitative estimate of drug-likeness (QED) is 0.128. The molecule has 0 bridgehead atoms. The lowest BCUT2D eigenvalue weighted by Crippen LogP contribution is -2.34. The largest absolute Gasteiger partial charge is 0.463 e. The Morgan fingerprint density at radius 1 is 0.955 bits per heavy atom. The summed E-state index contributed by atoms with van der Waals surface area (Å²) >= 11 is 0. The summed E-state index contributed by atoms with van der Waals surface area (Å²) in [4.78, 5) is 48.9. The summed E-state index contributed by atoms with van der Waals surface area (Å²) in [5, 5.41) is 4.83. The van der Waals surface area contributed by atoms with Crippen LogP contribution in [0.2, 0.25) is 0 Å². The van der Waals surface area contributed by atoms with Crippen molar-refractivity contribution in [3.63, 3.8) is 0 Å². The zero-order chi connectivity index (χ0) is 32.2. The smallest absolute Gasteiger partial charge is 0.435 e. The van der Waals surface area contributed by atoms with Gasteiger partial charge in [0.15, 0.2) is 5.82 Å². The Hall–Kier alpha value is -5.06. The molecule has 0 N–H and O–H groups in total. The number of ether oxygens (including phenoxy) is 3. The number of esters is 1. The number of benzene rings is 2. The molecule has 1 amide bonds. The van der Waals surface area contributed by atoms with Gasteiger partial charge in [0, 0.05) is 28.8 Å². The fourth-order valence-electron chi connectivity index (χ4n) is 4.17. The highest BCUT2D eigenvalue weighted by atomic mass is 16.6. The molecule has 0 saturated heterocycles. The second-order valence-electron chi connectivity index (χ2n) is 12.0. The lowest BCUT2D eigenvalue weighted by atomic mass is 10.1. The first-order valence-electron chi connectivity index (χ1n) is 14.2. The Morgan fingerprint density at radius 2 is 1.68 bits per heavy atom. The number of aromatic nitrogens is 4. The zero-order valence-electron chi connectivity index (χ0n) is 26.2. The van der Waals surface area contributed by atoms with Crippen molar-refractivity contribution in [2.75, 3.05) is 11.5 Å². The minimum atomic E-state index is -0.787. The van der Waals surface area contributed by atoms with Crippen LogP contribution in [0.4, 0.5) is 21.1 Å². The maximum Gasteiger partial charge on any atom is 0.435 e. The average Bonchev–Trinajstić information content (AvgIpc) is 3.35. The molecule has 0 saturated carbocycles. The molecule has 4 rings (SSSR count). The number of hydrogen-bond acceptors (Lipinski definition) is 9. The molecule has 0 fully saturated rings. The summed E-state index contributed by atoms with van der Waals surface area (Å²) in [6.07, 6.45) is 4.92. The molecule has 44 heavy (non-hydrogen) atoms. The number of anilines is 2. The molecule has 2 aromatic carbocycles. The van der Waals surface area contributed by atoms with E-state index in [1.165, 1.54) is 21.9 Å². The van der Waals surface area contributed by atoms with Crippen molar-refractivity contribution in [1.29, 1.82) is 0 Å². The first-order valence-corrected chi connectivity index (χ1v) is 14.2. The van der Waals surface area contributed by atoms with Gasteiger partial charge in [-0.2, -0.15) is 9.78 Å². The van der Waals surface area contributed by atoms with Crippen molar-refractivity contribution >= 4 is 46.6 Å². The highest BCUT2D eigenvalue weighted by Crippen LogP contribution is 2.33. The third-order valence-electron chi connectivity index (χ3n) is 5.95. The summed E-state index contributed by atoms with van der Waals surface area (Å²) in [5.74, 6) is 0.244. The number of nitrogens with zero attached hydrogens (tertiary/aromatic N) is 5. The highest BCUT2D eigenvalue weighted by molar-refractivity contribution is 5.99. The number of fused-ring (bicyclic) bond motifs is 1. The number of rotatable bonds is 6. The molecular weight excluding hydrogens is 562 g/mol. The minimum Gasteiger partial charge on any atom is -0.463 e. The lowest BCUT2D eigenvalue weighted by molar-refractivity contribution is -0.137. The predicted octanol–water partition coefficient (Wildman–Crippen LogP) is 7.23. The summed E-state index contributed by atoms with van der Waals surface area (Å²) in [5.41, 5.74) is 1.54. The van der Waals surface area contributed by atoms with Crippen LogP contribution in [-0.4, -0.2) is 55.7 Å². The van der Waals surface area contributed by atoms with Crippen LogP contribution in [0.15, 0.2) is 60.9 Å². The van der Waals surface area contributed by atoms with Gasteiger partial charge in [0.2, 0.25) is 0 Å². The molecule has 2 aromatic heterocycles. The number of hydrogen-bond donors (Lipinski definition) is 0. The average molecular weight is 600 g/mol. The molecule has 11 heteroatoms. The standard InChI is InChI=1S/C33H37N5O6/c1-9-42-27(39)16-13-22-11-10-12-23(17-22)28-34-19-21(2)29(36-28)37(30(40)43-32(3,4)5)25-14-15-26-24(18-25)20-35-38(26)31(41)44-33(6,7)8/h10-20H,9H2,1-8H3. The highest BCUT2D eigenvalue weighted by Gasteiger charge is 2.29. The van der Waals surface area contributed by atoms with Crippen molar-refractivity contribution < 1.29 is 28.6 Å². The summed E-state index contributed by atoms with van der Waals surface area (Å²) in [6.45, 7) is 14.5. The molecule has 230 valence electrons. The third kappa shape index (κ3) is 7.85. The maximum atomic E-state index is 13.7. The Balaban J connectivity index is 1.77. The van der Waals surface area contributed by atoms with E-state index in [1.54, 1.807) is 85.9 Å². The minimum absolute atomic E-state index is 0.288. The number of carbonyl (C=O) groups excluding carboxylic acids is 3. The molecule has 0 atom stereocenters. The first kappa shape index (κ1) is 31.9. The molecule has 0 radical (unpaired) electrons. The Bertz CT molecular complexity index is 1730. The van der Waals surface area contributed by atoms with Gasteiger partial charge in [-0.3, -0.25) is 0 Å². The van der Waals surface area contributed by atoms with Crippen molar-refractivity contribution in [1.82, 2.24) is 19.7 Å². The van der Waals surface area contributed by atoms with Crippen LogP contribution >= 0.6 is 0 Å². The fraction of sp³-hybridized carbons (Fsp3) is 0.333. The maximum absolute atomic E-state index is 13.7. The van der Waals surface area contributed by atoms with E-state index < -0.39 is 29.4 Å². The Morgan fingerprint density at radius 3 is 2.36 bits per heavy atom. The lowest BCUT2D eigenvalue weighted by Gasteiger charge is -2.28. The van der Waals surface area contributed by atoms with E-state index in [-0.39, 0.29) is 6.61 Å². The molecule has 0 unspecified atom stereocenters. The van der Waals surface area contributed by atoms with Crippen molar-refractivity contribution in [3.8, 4) is 11.4 Å². The van der Waals surface area contributed by atoms with E-state index in [0.29, 0.717) is 39.4 Å². The Labute approximate surface area is 256 Å². The molecule has 0 aliphatic heterocycles. The van der Waals surface area contributed by atoms with Gasteiger partial charge in [-0.15, -0.1) is 0 Å². The number of aryl methyl sites for hydroxylation is 1. The molecule has 0 aliphatic rings. The second-order valence-corrected chi connectivity index (χ2v) is 12.0. The molecule has 4 aromatic rings. The van der Waals surface area contributed by atoms with Crippen LogP contribution in [0.25, 0.3) is 28.4 Å². The van der Waals surface area contributed by atoms with Crippen molar-refractivity contribution in [2.24, 2.45) is 0 Å². The van der Waals surface area contributed by atoms with Gasteiger partial charge in [0.25, 0.3) is 0 Å². The van der Waals surface area contributed by atoms with Gasteiger partial charge >= 0.3 is 18.2 Å². The number of carbonyl (C=O) groups is 3. The van der Waals surface area contributed by atoms with Gasteiger partial charge in [0.05, 0.1) is 24.0 Å². The normalized spacial score (nSPS) is 11.9. The van der Waals surface area contributed by atoms with Crippen LogP contribution in [0.1, 0.15) is 59.6 Å². The molecule has 2 heterocycles.